The summed E-state index contributed by atoms with van der Waals surface area (Å²) in [6.45, 7) is 33.4. The van der Waals surface area contributed by atoms with Gasteiger partial charge in [-0.05, 0) is 190 Å². The van der Waals surface area contributed by atoms with Crippen molar-refractivity contribution in [3.8, 4) is 22.3 Å². The first-order valence-electron chi connectivity index (χ1n) is 14.8. The molecule has 0 fully saturated rings. The highest BCUT2D eigenvalue weighted by Gasteiger charge is 2.25. The summed E-state index contributed by atoms with van der Waals surface area (Å²) in [6.07, 6.45) is 1.06. The first-order chi connectivity index (χ1) is 19.1. The van der Waals surface area contributed by atoms with Gasteiger partial charge in [0.25, 0.3) is 0 Å². The Morgan fingerprint density at radius 3 is 1.12 bits per heavy atom. The van der Waals surface area contributed by atoms with E-state index in [9.17, 15) is 4.79 Å². The van der Waals surface area contributed by atoms with Gasteiger partial charge in [0.1, 0.15) is 6.61 Å². The van der Waals surface area contributed by atoms with Crippen LogP contribution in [0.2, 0.25) is 0 Å². The second-order valence-corrected chi connectivity index (χ2v) is 11.9. The van der Waals surface area contributed by atoms with Gasteiger partial charge in [-0.2, -0.15) is 0 Å². The molecule has 0 heterocycles. The summed E-state index contributed by atoms with van der Waals surface area (Å²) < 4.78 is 10.7. The maximum absolute atomic E-state index is 12.4. The van der Waals surface area contributed by atoms with Crippen LogP contribution in [-0.2, 0) is 27.3 Å². The van der Waals surface area contributed by atoms with Crippen LogP contribution in [0.25, 0.3) is 22.3 Å². The van der Waals surface area contributed by atoms with Crippen LogP contribution >= 0.6 is 0 Å². The second-order valence-electron chi connectivity index (χ2n) is 11.9. The van der Waals surface area contributed by atoms with E-state index in [2.05, 4.69) is 96.6 Å². The van der Waals surface area contributed by atoms with E-state index in [1.54, 1.807) is 7.11 Å². The Labute approximate surface area is 249 Å². The molecule has 0 bridgehead atoms. The lowest BCUT2D eigenvalue weighted by Gasteiger charge is -2.28. The van der Waals surface area contributed by atoms with Crippen molar-refractivity contribution in [1.82, 2.24) is 0 Å². The number of carbonyl (C=O) groups is 1. The minimum absolute atomic E-state index is 0.169. The molecule has 3 nitrogen and oxygen atoms in total. The van der Waals surface area contributed by atoms with Crippen molar-refractivity contribution in [1.29, 1.82) is 0 Å². The molecule has 0 amide bonds. The van der Waals surface area contributed by atoms with Crippen LogP contribution < -0.4 is 0 Å². The highest BCUT2D eigenvalue weighted by Crippen LogP contribution is 2.45. The SMILES string of the molecule is C=C(COC)C(=O)OCc1c(C)c(C)c(-c2c(C)c(C)c(-c3c(C)c(C)c(CC)c(C)c3C)c(C)c2C)c(C)c1C. The Balaban J connectivity index is 2.26. The van der Waals surface area contributed by atoms with Crippen LogP contribution in [0.4, 0.5) is 0 Å². The first kappa shape index (κ1) is 32.3. The number of hydrogen-bond acceptors (Lipinski definition) is 3. The van der Waals surface area contributed by atoms with Crippen LogP contribution in [0, 0.1) is 83.1 Å². The molecule has 0 unspecified atom stereocenters. The van der Waals surface area contributed by atoms with Crippen LogP contribution in [-0.4, -0.2) is 19.7 Å². The lowest BCUT2D eigenvalue weighted by molar-refractivity contribution is -0.140. The molecule has 3 rings (SSSR count). The second kappa shape index (κ2) is 12.4. The molecule has 41 heavy (non-hydrogen) atoms. The van der Waals surface area contributed by atoms with E-state index in [1.165, 1.54) is 94.6 Å². The first-order valence-corrected chi connectivity index (χ1v) is 14.8. The third-order valence-electron chi connectivity index (χ3n) is 9.99. The highest BCUT2D eigenvalue weighted by atomic mass is 16.5. The van der Waals surface area contributed by atoms with E-state index in [0.717, 1.165) is 12.0 Å². The Bertz CT molecular complexity index is 1480. The lowest BCUT2D eigenvalue weighted by Crippen LogP contribution is -2.13. The largest absolute Gasteiger partial charge is 0.457 e. The number of ether oxygens (including phenoxy) is 2. The molecular weight excluding hydrogens is 504 g/mol. The van der Waals surface area contributed by atoms with E-state index < -0.39 is 5.97 Å². The van der Waals surface area contributed by atoms with Crippen molar-refractivity contribution < 1.29 is 14.3 Å². The van der Waals surface area contributed by atoms with Crippen molar-refractivity contribution in [3.63, 3.8) is 0 Å². The molecule has 0 saturated heterocycles. The van der Waals surface area contributed by atoms with Crippen LogP contribution in [0.3, 0.4) is 0 Å². The molecule has 220 valence electrons. The molecule has 0 aliphatic carbocycles. The summed E-state index contributed by atoms with van der Waals surface area (Å²) in [5.41, 5.74) is 24.1. The smallest absolute Gasteiger partial charge is 0.336 e. The van der Waals surface area contributed by atoms with Crippen molar-refractivity contribution >= 4 is 5.97 Å². The average Bonchev–Trinajstić information content (AvgIpc) is 2.93. The van der Waals surface area contributed by atoms with Gasteiger partial charge in [-0.3, -0.25) is 0 Å². The van der Waals surface area contributed by atoms with Crippen molar-refractivity contribution in [2.45, 2.75) is 103 Å². The minimum Gasteiger partial charge on any atom is -0.457 e. The zero-order valence-corrected chi connectivity index (χ0v) is 28.1. The van der Waals surface area contributed by atoms with Gasteiger partial charge in [0, 0.05) is 7.11 Å². The monoisotopic (exact) mass is 554 g/mol. The third-order valence-corrected chi connectivity index (χ3v) is 9.99. The van der Waals surface area contributed by atoms with Crippen LogP contribution in [0.15, 0.2) is 12.2 Å². The number of carbonyl (C=O) groups excluding carboxylic acids is 1. The predicted molar refractivity (Wildman–Crippen MR) is 174 cm³/mol. The lowest BCUT2D eigenvalue weighted by atomic mass is 9.76. The molecule has 3 heteroatoms. The maximum atomic E-state index is 12.4. The summed E-state index contributed by atoms with van der Waals surface area (Å²) >= 11 is 0. The number of rotatable bonds is 8. The van der Waals surface area contributed by atoms with Crippen LogP contribution in [0.1, 0.15) is 84.8 Å². The van der Waals surface area contributed by atoms with Crippen LogP contribution in [0.5, 0.6) is 0 Å². The van der Waals surface area contributed by atoms with Gasteiger partial charge in [-0.15, -0.1) is 0 Å². The highest BCUT2D eigenvalue weighted by molar-refractivity contribution is 5.89. The standard InChI is InChI=1S/C38H50O3/c1-16-32-20(3)24(7)34(25(8)21(32)4)36-28(11)30(13)37(31(14)29(36)12)35-26(9)22(5)33(23(6)27(35)10)18-41-38(39)19(2)17-40-15/h2,16-18H2,1,3-15H3. The molecule has 3 aromatic rings. The Hall–Kier alpha value is -3.17. The van der Waals surface area contributed by atoms with E-state index in [4.69, 9.17) is 9.47 Å². The topological polar surface area (TPSA) is 35.5 Å². The van der Waals surface area contributed by atoms with Gasteiger partial charge in [0.05, 0.1) is 12.2 Å². The van der Waals surface area contributed by atoms with Crippen molar-refractivity contribution in [2.24, 2.45) is 0 Å². The van der Waals surface area contributed by atoms with Gasteiger partial charge in [-0.1, -0.05) is 13.5 Å². The Morgan fingerprint density at radius 1 is 0.537 bits per heavy atom. The third kappa shape index (κ3) is 5.42. The maximum Gasteiger partial charge on any atom is 0.336 e. The number of hydrogen-bond donors (Lipinski definition) is 0. The summed E-state index contributed by atoms with van der Waals surface area (Å²) in [5.74, 6) is -0.415. The Morgan fingerprint density at radius 2 is 0.829 bits per heavy atom. The summed E-state index contributed by atoms with van der Waals surface area (Å²) in [5, 5.41) is 0. The van der Waals surface area contributed by atoms with Crippen molar-refractivity contribution in [3.05, 3.63) is 90.0 Å². The molecule has 0 aromatic heterocycles. The summed E-state index contributed by atoms with van der Waals surface area (Å²) in [4.78, 5) is 12.4. The molecule has 0 aliphatic rings. The number of methoxy groups -OCH3 is 1. The van der Waals surface area contributed by atoms with E-state index in [1.807, 2.05) is 0 Å². The average molecular weight is 555 g/mol. The predicted octanol–water partition coefficient (Wildman–Crippen LogP) is 9.53. The summed E-state index contributed by atoms with van der Waals surface area (Å²) in [7, 11) is 1.55. The zero-order valence-electron chi connectivity index (χ0n) is 28.1. The summed E-state index contributed by atoms with van der Waals surface area (Å²) in [6, 6.07) is 0. The molecular formula is C38H50O3. The molecule has 0 saturated carbocycles. The normalized spacial score (nSPS) is 11.3. The number of esters is 1. The van der Waals surface area contributed by atoms with E-state index in [-0.39, 0.29) is 13.2 Å². The van der Waals surface area contributed by atoms with Crippen molar-refractivity contribution in [2.75, 3.05) is 13.7 Å². The fourth-order valence-corrected chi connectivity index (χ4v) is 6.81. The quantitative estimate of drug-likeness (QED) is 0.205. The van der Waals surface area contributed by atoms with Gasteiger partial charge < -0.3 is 9.47 Å². The molecule has 0 atom stereocenters. The van der Waals surface area contributed by atoms with Gasteiger partial charge in [0.2, 0.25) is 0 Å². The minimum atomic E-state index is -0.415. The molecule has 0 radical (unpaired) electrons. The molecule has 0 N–H and O–H groups in total. The molecule has 0 aliphatic heterocycles. The fraction of sp³-hybridized carbons (Fsp3) is 0.447. The molecule has 3 aromatic carbocycles. The fourth-order valence-electron chi connectivity index (χ4n) is 6.81. The van der Waals surface area contributed by atoms with Gasteiger partial charge >= 0.3 is 5.97 Å². The Kier molecular flexibility index (Phi) is 9.76. The van der Waals surface area contributed by atoms with E-state index in [0.29, 0.717) is 5.57 Å². The molecule has 0 spiro atoms. The zero-order chi connectivity index (χ0) is 31.1. The number of benzene rings is 3. The van der Waals surface area contributed by atoms with E-state index >= 15 is 0 Å². The van der Waals surface area contributed by atoms with Gasteiger partial charge in [-0.25, -0.2) is 4.79 Å². The van der Waals surface area contributed by atoms with Gasteiger partial charge in [0.15, 0.2) is 0 Å².